The zero-order valence-electron chi connectivity index (χ0n) is 12.0. The second-order valence-electron chi connectivity index (χ2n) is 6.18. The average Bonchev–Trinajstić information content (AvgIpc) is 2.93. The number of sulfonamides is 1. The molecule has 0 spiro atoms. The second kappa shape index (κ2) is 4.82. The summed E-state index contributed by atoms with van der Waals surface area (Å²) >= 11 is 0. The van der Waals surface area contributed by atoms with Crippen molar-refractivity contribution in [1.29, 1.82) is 0 Å². The third kappa shape index (κ3) is 2.17. The van der Waals surface area contributed by atoms with E-state index in [-0.39, 0.29) is 6.04 Å². The summed E-state index contributed by atoms with van der Waals surface area (Å²) in [4.78, 5) is 0.348. The summed E-state index contributed by atoms with van der Waals surface area (Å²) in [5, 5.41) is 6.77. The molecule has 1 aliphatic carbocycles. The summed E-state index contributed by atoms with van der Waals surface area (Å²) in [7, 11) is -3.43. The number of aromatic nitrogens is 2. The lowest BCUT2D eigenvalue weighted by atomic mass is 9.79. The molecule has 0 amide bonds. The number of aryl methyl sites for hydroxylation is 2. The fraction of sp³-hybridized carbons (Fsp3) is 0.769. The van der Waals surface area contributed by atoms with Gasteiger partial charge in [-0.3, -0.25) is 5.10 Å². The Morgan fingerprint density at radius 2 is 1.95 bits per heavy atom. The second-order valence-corrected chi connectivity index (χ2v) is 8.05. The van der Waals surface area contributed by atoms with Crippen molar-refractivity contribution in [3.63, 3.8) is 0 Å². The van der Waals surface area contributed by atoms with Crippen LogP contribution in [0, 0.1) is 25.7 Å². The maximum atomic E-state index is 12.8. The van der Waals surface area contributed by atoms with Crippen molar-refractivity contribution in [2.24, 2.45) is 17.6 Å². The van der Waals surface area contributed by atoms with Crippen LogP contribution in [0.5, 0.6) is 0 Å². The monoisotopic (exact) mass is 298 g/mol. The standard InChI is InChI=1S/C13H22N4O2S/c1-8-13(9(2)16-15-8)20(18,19)17-6-10-3-4-12(14)5-11(10)7-17/h10-12H,3-7,14H2,1-2H3,(H,15,16)/t10-,11+,12?/m1/s1. The molecule has 0 radical (unpaired) electrons. The Morgan fingerprint density at radius 3 is 2.60 bits per heavy atom. The van der Waals surface area contributed by atoms with Gasteiger partial charge in [0, 0.05) is 19.1 Å². The number of H-pyrrole nitrogens is 1. The molecule has 7 heteroatoms. The first-order valence-electron chi connectivity index (χ1n) is 7.17. The van der Waals surface area contributed by atoms with Gasteiger partial charge in [-0.1, -0.05) is 0 Å². The van der Waals surface area contributed by atoms with E-state index >= 15 is 0 Å². The summed E-state index contributed by atoms with van der Waals surface area (Å²) in [5.41, 5.74) is 7.17. The lowest BCUT2D eigenvalue weighted by molar-refractivity contribution is 0.271. The van der Waals surface area contributed by atoms with Gasteiger partial charge in [-0.05, 0) is 44.9 Å². The summed E-state index contributed by atoms with van der Waals surface area (Å²) in [5.74, 6) is 0.887. The zero-order valence-corrected chi connectivity index (χ0v) is 12.8. The lowest BCUT2D eigenvalue weighted by Crippen LogP contribution is -2.32. The van der Waals surface area contributed by atoms with Crippen LogP contribution in [0.1, 0.15) is 30.7 Å². The molecule has 0 bridgehead atoms. The maximum absolute atomic E-state index is 12.8. The number of nitrogens with one attached hydrogen (secondary N) is 1. The Morgan fingerprint density at radius 1 is 1.25 bits per heavy atom. The van der Waals surface area contributed by atoms with Gasteiger partial charge in [-0.2, -0.15) is 9.40 Å². The van der Waals surface area contributed by atoms with E-state index in [1.54, 1.807) is 18.2 Å². The van der Waals surface area contributed by atoms with Gasteiger partial charge in [0.15, 0.2) is 0 Å². The highest BCUT2D eigenvalue weighted by Crippen LogP contribution is 2.38. The molecule has 112 valence electrons. The third-order valence-electron chi connectivity index (χ3n) is 4.72. The van der Waals surface area contributed by atoms with Crippen molar-refractivity contribution >= 4 is 10.0 Å². The quantitative estimate of drug-likeness (QED) is 0.843. The maximum Gasteiger partial charge on any atom is 0.246 e. The van der Waals surface area contributed by atoms with Gasteiger partial charge in [0.05, 0.1) is 11.4 Å². The molecule has 1 aromatic heterocycles. The molecule has 20 heavy (non-hydrogen) atoms. The number of aromatic amines is 1. The Kier molecular flexibility index (Phi) is 3.38. The van der Waals surface area contributed by atoms with Crippen LogP contribution in [0.4, 0.5) is 0 Å². The van der Waals surface area contributed by atoms with Crippen LogP contribution in [-0.2, 0) is 10.0 Å². The number of hydrogen-bond acceptors (Lipinski definition) is 4. The molecule has 2 aliphatic rings. The highest BCUT2D eigenvalue weighted by molar-refractivity contribution is 7.89. The first-order valence-corrected chi connectivity index (χ1v) is 8.61. The Balaban J connectivity index is 1.87. The SMILES string of the molecule is Cc1n[nH]c(C)c1S(=O)(=O)N1C[C@H]2CCC(N)C[C@H]2C1. The third-order valence-corrected chi connectivity index (χ3v) is 6.81. The van der Waals surface area contributed by atoms with Gasteiger partial charge in [-0.15, -0.1) is 0 Å². The van der Waals surface area contributed by atoms with E-state index < -0.39 is 10.0 Å². The molecular formula is C13H22N4O2S. The Labute approximate surface area is 119 Å². The van der Waals surface area contributed by atoms with Crippen LogP contribution in [0.3, 0.4) is 0 Å². The summed E-state index contributed by atoms with van der Waals surface area (Å²) in [6.45, 7) is 4.72. The number of nitrogens with two attached hydrogens (primary N) is 1. The fourth-order valence-electron chi connectivity index (χ4n) is 3.67. The molecule has 1 aromatic rings. The minimum atomic E-state index is -3.43. The van der Waals surface area contributed by atoms with Crippen LogP contribution in [0.2, 0.25) is 0 Å². The van der Waals surface area contributed by atoms with Crippen LogP contribution < -0.4 is 5.73 Å². The van der Waals surface area contributed by atoms with Crippen LogP contribution >= 0.6 is 0 Å². The molecule has 2 fully saturated rings. The van der Waals surface area contributed by atoms with Gasteiger partial charge in [0.2, 0.25) is 10.0 Å². The highest BCUT2D eigenvalue weighted by atomic mass is 32.2. The predicted octanol–water partition coefficient (Wildman–Crippen LogP) is 0.774. The van der Waals surface area contributed by atoms with E-state index in [4.69, 9.17) is 5.73 Å². The molecule has 0 aromatic carbocycles. The van der Waals surface area contributed by atoms with Crippen LogP contribution in [0.25, 0.3) is 0 Å². The van der Waals surface area contributed by atoms with E-state index in [9.17, 15) is 8.42 Å². The number of fused-ring (bicyclic) bond motifs is 1. The van der Waals surface area contributed by atoms with E-state index in [1.165, 1.54) is 0 Å². The largest absolute Gasteiger partial charge is 0.328 e. The van der Waals surface area contributed by atoms with Crippen LogP contribution in [0.15, 0.2) is 4.90 Å². The van der Waals surface area contributed by atoms with Gasteiger partial charge in [-0.25, -0.2) is 8.42 Å². The van der Waals surface area contributed by atoms with Gasteiger partial charge >= 0.3 is 0 Å². The highest BCUT2D eigenvalue weighted by Gasteiger charge is 2.42. The van der Waals surface area contributed by atoms with Crippen molar-refractivity contribution in [2.45, 2.75) is 44.0 Å². The van der Waals surface area contributed by atoms with Gasteiger partial charge in [0.1, 0.15) is 4.90 Å². The number of rotatable bonds is 2. The van der Waals surface area contributed by atoms with Crippen molar-refractivity contribution in [1.82, 2.24) is 14.5 Å². The van der Waals surface area contributed by atoms with E-state index in [0.29, 0.717) is 41.2 Å². The number of hydrogen-bond donors (Lipinski definition) is 2. The van der Waals surface area contributed by atoms with E-state index in [1.807, 2.05) is 0 Å². The lowest BCUT2D eigenvalue weighted by Gasteiger charge is -2.28. The smallest absolute Gasteiger partial charge is 0.246 e. The molecule has 1 saturated heterocycles. The average molecular weight is 298 g/mol. The van der Waals surface area contributed by atoms with Crippen molar-refractivity contribution in [3.05, 3.63) is 11.4 Å². The Hall–Kier alpha value is -0.920. The minimum absolute atomic E-state index is 0.233. The van der Waals surface area contributed by atoms with Crippen molar-refractivity contribution in [3.8, 4) is 0 Å². The molecule has 1 unspecified atom stereocenters. The van der Waals surface area contributed by atoms with Crippen molar-refractivity contribution < 1.29 is 8.42 Å². The topological polar surface area (TPSA) is 92.1 Å². The molecule has 2 heterocycles. The molecule has 3 atom stereocenters. The first kappa shape index (κ1) is 14.0. The molecule has 1 saturated carbocycles. The zero-order chi connectivity index (χ0) is 14.5. The minimum Gasteiger partial charge on any atom is -0.328 e. The number of nitrogens with zero attached hydrogens (tertiary/aromatic N) is 2. The predicted molar refractivity (Wildman–Crippen MR) is 75.6 cm³/mol. The molecule has 3 N–H and O–H groups in total. The summed E-state index contributed by atoms with van der Waals surface area (Å²) in [6.07, 6.45) is 3.00. The fourth-order valence-corrected chi connectivity index (χ4v) is 5.56. The van der Waals surface area contributed by atoms with Gasteiger partial charge < -0.3 is 5.73 Å². The van der Waals surface area contributed by atoms with Gasteiger partial charge in [0.25, 0.3) is 0 Å². The Bertz CT molecular complexity index is 590. The van der Waals surface area contributed by atoms with E-state index in [2.05, 4.69) is 10.2 Å². The summed E-state index contributed by atoms with van der Waals surface area (Å²) in [6, 6.07) is 0.233. The van der Waals surface area contributed by atoms with Crippen molar-refractivity contribution in [2.75, 3.05) is 13.1 Å². The summed E-state index contributed by atoms with van der Waals surface area (Å²) < 4.78 is 27.2. The molecule has 1 aliphatic heterocycles. The molecular weight excluding hydrogens is 276 g/mol. The molecule has 3 rings (SSSR count). The first-order chi connectivity index (χ1) is 9.39. The van der Waals surface area contributed by atoms with Crippen LogP contribution in [-0.4, -0.2) is 42.1 Å². The molecule has 6 nitrogen and oxygen atoms in total. The normalized spacial score (nSPS) is 31.4. The van der Waals surface area contributed by atoms with E-state index in [0.717, 1.165) is 19.3 Å².